The van der Waals surface area contributed by atoms with Gasteiger partial charge in [0.2, 0.25) is 0 Å². The van der Waals surface area contributed by atoms with Gasteiger partial charge in [0.25, 0.3) is 0 Å². The standard InChI is InChI=1S/C13H15NO2/c1-2-3-9-15-13-12(10-14-16-13)11-7-5-4-6-8-11/h4-8,10H,2-3,9H2,1H3. The molecule has 0 radical (unpaired) electrons. The lowest BCUT2D eigenvalue weighted by Gasteiger charge is -2.03. The first kappa shape index (κ1) is 10.7. The van der Waals surface area contributed by atoms with Crippen molar-refractivity contribution in [3.8, 4) is 17.1 Å². The van der Waals surface area contributed by atoms with Crippen molar-refractivity contribution in [2.45, 2.75) is 19.8 Å². The van der Waals surface area contributed by atoms with Crippen molar-refractivity contribution in [1.82, 2.24) is 5.16 Å². The van der Waals surface area contributed by atoms with Crippen LogP contribution in [0.2, 0.25) is 0 Å². The van der Waals surface area contributed by atoms with Crippen LogP contribution in [0.3, 0.4) is 0 Å². The van der Waals surface area contributed by atoms with E-state index >= 15 is 0 Å². The predicted molar refractivity (Wildman–Crippen MR) is 62.3 cm³/mol. The van der Waals surface area contributed by atoms with Crippen molar-refractivity contribution in [2.75, 3.05) is 6.61 Å². The number of hydrogen-bond donors (Lipinski definition) is 0. The fraction of sp³-hybridized carbons (Fsp3) is 0.308. The number of rotatable bonds is 5. The number of benzene rings is 1. The van der Waals surface area contributed by atoms with Gasteiger partial charge in [-0.3, -0.25) is 0 Å². The van der Waals surface area contributed by atoms with Gasteiger partial charge in [-0.15, -0.1) is 0 Å². The maximum Gasteiger partial charge on any atom is 0.319 e. The Labute approximate surface area is 95.0 Å². The molecule has 0 fully saturated rings. The van der Waals surface area contributed by atoms with Gasteiger partial charge in [0.15, 0.2) is 0 Å². The minimum Gasteiger partial charge on any atom is -0.463 e. The summed E-state index contributed by atoms with van der Waals surface area (Å²) in [4.78, 5) is 0. The number of aromatic nitrogens is 1. The molecule has 0 bridgehead atoms. The van der Waals surface area contributed by atoms with E-state index in [2.05, 4.69) is 12.1 Å². The van der Waals surface area contributed by atoms with Crippen LogP contribution in [0.25, 0.3) is 11.1 Å². The fourth-order valence-electron chi connectivity index (χ4n) is 1.45. The number of nitrogens with zero attached hydrogens (tertiary/aromatic N) is 1. The van der Waals surface area contributed by atoms with E-state index in [1.165, 1.54) is 0 Å². The lowest BCUT2D eigenvalue weighted by Crippen LogP contribution is -1.96. The Morgan fingerprint density at radius 2 is 2.06 bits per heavy atom. The maximum absolute atomic E-state index is 5.54. The van der Waals surface area contributed by atoms with Crippen molar-refractivity contribution in [3.63, 3.8) is 0 Å². The highest BCUT2D eigenvalue weighted by Gasteiger charge is 2.10. The van der Waals surface area contributed by atoms with Gasteiger partial charge in [-0.05, 0) is 12.0 Å². The molecule has 0 aliphatic heterocycles. The van der Waals surface area contributed by atoms with Crippen molar-refractivity contribution in [1.29, 1.82) is 0 Å². The van der Waals surface area contributed by atoms with E-state index in [9.17, 15) is 0 Å². The molecular weight excluding hydrogens is 202 g/mol. The molecule has 0 saturated carbocycles. The SMILES string of the molecule is CCCCOc1oncc1-c1ccccc1. The third-order valence-corrected chi connectivity index (χ3v) is 2.35. The summed E-state index contributed by atoms with van der Waals surface area (Å²) in [6, 6.07) is 9.98. The van der Waals surface area contributed by atoms with Crippen LogP contribution in [0, 0.1) is 0 Å². The quantitative estimate of drug-likeness (QED) is 0.719. The third kappa shape index (κ3) is 2.42. The average Bonchev–Trinajstić information content (AvgIpc) is 2.79. The van der Waals surface area contributed by atoms with E-state index in [1.807, 2.05) is 30.3 Å². The van der Waals surface area contributed by atoms with Gasteiger partial charge in [0.05, 0.1) is 18.4 Å². The Hall–Kier alpha value is -1.77. The Bertz CT molecular complexity index is 423. The molecule has 0 amide bonds. The van der Waals surface area contributed by atoms with Gasteiger partial charge >= 0.3 is 5.95 Å². The normalized spacial score (nSPS) is 10.3. The summed E-state index contributed by atoms with van der Waals surface area (Å²) in [6.45, 7) is 2.80. The molecule has 0 unspecified atom stereocenters. The Morgan fingerprint density at radius 3 is 2.81 bits per heavy atom. The molecule has 1 aromatic carbocycles. The second-order valence-electron chi connectivity index (χ2n) is 3.59. The molecule has 2 rings (SSSR count). The van der Waals surface area contributed by atoms with Gasteiger partial charge in [-0.1, -0.05) is 48.8 Å². The molecule has 0 aliphatic rings. The molecule has 84 valence electrons. The van der Waals surface area contributed by atoms with E-state index < -0.39 is 0 Å². The van der Waals surface area contributed by atoms with Crippen LogP contribution >= 0.6 is 0 Å². The minimum atomic E-state index is 0.514. The van der Waals surface area contributed by atoms with Crippen LogP contribution in [0.5, 0.6) is 5.95 Å². The smallest absolute Gasteiger partial charge is 0.319 e. The molecule has 1 aromatic heterocycles. The van der Waals surface area contributed by atoms with Crippen LogP contribution in [0.1, 0.15) is 19.8 Å². The summed E-state index contributed by atoms with van der Waals surface area (Å²) >= 11 is 0. The highest BCUT2D eigenvalue weighted by atomic mass is 16.6. The molecule has 1 heterocycles. The summed E-state index contributed by atoms with van der Waals surface area (Å²) in [6.07, 6.45) is 3.82. The molecule has 3 heteroatoms. The highest BCUT2D eigenvalue weighted by Crippen LogP contribution is 2.29. The van der Waals surface area contributed by atoms with E-state index in [4.69, 9.17) is 9.26 Å². The van der Waals surface area contributed by atoms with E-state index in [0.29, 0.717) is 12.6 Å². The fourth-order valence-corrected chi connectivity index (χ4v) is 1.45. The molecular formula is C13H15NO2. The van der Waals surface area contributed by atoms with Crippen molar-refractivity contribution in [3.05, 3.63) is 36.5 Å². The van der Waals surface area contributed by atoms with Crippen molar-refractivity contribution >= 4 is 0 Å². The zero-order chi connectivity index (χ0) is 11.2. The second-order valence-corrected chi connectivity index (χ2v) is 3.59. The first-order valence-corrected chi connectivity index (χ1v) is 5.54. The summed E-state index contributed by atoms with van der Waals surface area (Å²) in [7, 11) is 0. The first-order chi connectivity index (χ1) is 7.92. The third-order valence-electron chi connectivity index (χ3n) is 2.35. The van der Waals surface area contributed by atoms with Crippen LogP contribution in [-0.4, -0.2) is 11.8 Å². The molecule has 16 heavy (non-hydrogen) atoms. The lowest BCUT2D eigenvalue weighted by molar-refractivity contribution is 0.212. The highest BCUT2D eigenvalue weighted by molar-refractivity contribution is 5.66. The second kappa shape index (κ2) is 5.35. The predicted octanol–water partition coefficient (Wildman–Crippen LogP) is 3.52. The largest absolute Gasteiger partial charge is 0.463 e. The maximum atomic E-state index is 5.54. The Kier molecular flexibility index (Phi) is 3.59. The molecule has 0 saturated heterocycles. The van der Waals surface area contributed by atoms with Crippen LogP contribution in [0.15, 0.2) is 41.1 Å². The van der Waals surface area contributed by atoms with Crippen molar-refractivity contribution < 1.29 is 9.26 Å². The summed E-state index contributed by atoms with van der Waals surface area (Å²) in [5, 5.41) is 3.78. The molecule has 0 aliphatic carbocycles. The summed E-state index contributed by atoms with van der Waals surface area (Å²) in [5.74, 6) is 0.514. The molecule has 3 nitrogen and oxygen atoms in total. The average molecular weight is 217 g/mol. The van der Waals surface area contributed by atoms with E-state index in [-0.39, 0.29) is 0 Å². The van der Waals surface area contributed by atoms with Gasteiger partial charge in [0, 0.05) is 0 Å². The summed E-state index contributed by atoms with van der Waals surface area (Å²) < 4.78 is 10.6. The van der Waals surface area contributed by atoms with Gasteiger partial charge < -0.3 is 9.26 Å². The molecule has 0 atom stereocenters. The first-order valence-electron chi connectivity index (χ1n) is 5.54. The Morgan fingerprint density at radius 1 is 1.25 bits per heavy atom. The van der Waals surface area contributed by atoms with Crippen molar-refractivity contribution in [2.24, 2.45) is 0 Å². The lowest BCUT2D eigenvalue weighted by atomic mass is 10.1. The zero-order valence-electron chi connectivity index (χ0n) is 9.35. The number of ether oxygens (including phenoxy) is 1. The van der Waals surface area contributed by atoms with E-state index in [0.717, 1.165) is 24.0 Å². The number of hydrogen-bond acceptors (Lipinski definition) is 3. The van der Waals surface area contributed by atoms with Gasteiger partial charge in [-0.2, -0.15) is 0 Å². The van der Waals surface area contributed by atoms with Crippen LogP contribution < -0.4 is 4.74 Å². The van der Waals surface area contributed by atoms with Crippen LogP contribution in [0.4, 0.5) is 0 Å². The molecule has 0 spiro atoms. The van der Waals surface area contributed by atoms with E-state index in [1.54, 1.807) is 6.20 Å². The topological polar surface area (TPSA) is 35.3 Å². The van der Waals surface area contributed by atoms with Gasteiger partial charge in [0.1, 0.15) is 0 Å². The summed E-state index contributed by atoms with van der Waals surface area (Å²) in [5.41, 5.74) is 1.98. The molecule has 2 aromatic rings. The zero-order valence-corrected chi connectivity index (χ0v) is 9.35. The minimum absolute atomic E-state index is 0.514. The van der Waals surface area contributed by atoms with Crippen LogP contribution in [-0.2, 0) is 0 Å². The molecule has 0 N–H and O–H groups in total. The Balaban J connectivity index is 2.13. The monoisotopic (exact) mass is 217 g/mol. The number of unbranched alkanes of at least 4 members (excludes halogenated alkanes) is 1. The van der Waals surface area contributed by atoms with Gasteiger partial charge in [-0.25, -0.2) is 0 Å².